The van der Waals surface area contributed by atoms with Crippen LogP contribution >= 0.6 is 0 Å². The van der Waals surface area contributed by atoms with Crippen molar-refractivity contribution in [2.45, 2.75) is 33.2 Å². The van der Waals surface area contributed by atoms with Crippen LogP contribution in [0.5, 0.6) is 11.5 Å². The highest BCUT2D eigenvalue weighted by molar-refractivity contribution is 5.80. The van der Waals surface area contributed by atoms with Gasteiger partial charge in [0.05, 0.1) is 7.11 Å². The van der Waals surface area contributed by atoms with Crippen LogP contribution in [0, 0.1) is 18.7 Å². The van der Waals surface area contributed by atoms with E-state index >= 15 is 0 Å². The predicted molar refractivity (Wildman–Crippen MR) is 125 cm³/mol. The van der Waals surface area contributed by atoms with E-state index in [1.165, 1.54) is 6.07 Å². The van der Waals surface area contributed by atoms with Crippen molar-refractivity contribution in [1.82, 2.24) is 10.2 Å². The van der Waals surface area contributed by atoms with Crippen LogP contribution in [0.25, 0.3) is 6.08 Å². The average Bonchev–Trinajstić information content (AvgIpc) is 2.83. The van der Waals surface area contributed by atoms with E-state index in [4.69, 9.17) is 9.47 Å². The minimum atomic E-state index is -0.276. The summed E-state index contributed by atoms with van der Waals surface area (Å²) in [5.41, 5.74) is 2.29. The summed E-state index contributed by atoms with van der Waals surface area (Å²) in [6, 6.07) is 10.5. The molecule has 3 rings (SSSR count). The molecule has 1 aliphatic rings. The summed E-state index contributed by atoms with van der Waals surface area (Å²) >= 11 is 0. The molecular formula is C26H31FN2O4. The second-order valence-corrected chi connectivity index (χ2v) is 8.16. The minimum Gasteiger partial charge on any atom is -0.493 e. The van der Waals surface area contributed by atoms with Gasteiger partial charge in [-0.25, -0.2) is 4.39 Å². The minimum absolute atomic E-state index is 0.0645. The van der Waals surface area contributed by atoms with Crippen LogP contribution in [-0.4, -0.2) is 43.5 Å². The molecule has 1 aliphatic heterocycles. The smallest absolute Gasteiger partial charge is 0.260 e. The number of nitrogens with zero attached hydrogens (tertiary/aromatic N) is 1. The van der Waals surface area contributed by atoms with Gasteiger partial charge in [0.15, 0.2) is 18.1 Å². The first-order valence-corrected chi connectivity index (χ1v) is 11.1. The van der Waals surface area contributed by atoms with Crippen molar-refractivity contribution < 1.29 is 23.5 Å². The zero-order valence-corrected chi connectivity index (χ0v) is 19.4. The van der Waals surface area contributed by atoms with E-state index in [1.54, 1.807) is 31.1 Å². The monoisotopic (exact) mass is 454 g/mol. The molecule has 33 heavy (non-hydrogen) atoms. The van der Waals surface area contributed by atoms with Crippen LogP contribution in [-0.2, 0) is 16.1 Å². The molecular weight excluding hydrogens is 423 g/mol. The van der Waals surface area contributed by atoms with E-state index in [2.05, 4.69) is 5.32 Å². The van der Waals surface area contributed by atoms with Crippen molar-refractivity contribution in [3.05, 3.63) is 65.0 Å². The Labute approximate surface area is 194 Å². The topological polar surface area (TPSA) is 67.9 Å². The summed E-state index contributed by atoms with van der Waals surface area (Å²) in [6.07, 6.45) is 5.06. The Morgan fingerprint density at radius 3 is 2.58 bits per heavy atom. The van der Waals surface area contributed by atoms with Gasteiger partial charge in [0.1, 0.15) is 5.82 Å². The molecule has 7 heteroatoms. The Morgan fingerprint density at radius 1 is 1.15 bits per heavy atom. The summed E-state index contributed by atoms with van der Waals surface area (Å²) in [5, 5.41) is 2.88. The maximum absolute atomic E-state index is 13.7. The van der Waals surface area contributed by atoms with Gasteiger partial charge in [-0.05, 0) is 61.6 Å². The number of benzene rings is 2. The molecule has 1 heterocycles. The lowest BCUT2D eigenvalue weighted by Gasteiger charge is -2.31. The number of hydrogen-bond donors (Lipinski definition) is 1. The van der Waals surface area contributed by atoms with Crippen LogP contribution < -0.4 is 14.8 Å². The summed E-state index contributed by atoms with van der Waals surface area (Å²) in [7, 11) is 1.56. The fraction of sp³-hybridized carbons (Fsp3) is 0.385. The number of allylic oxidation sites excluding steroid dienone is 1. The van der Waals surface area contributed by atoms with Gasteiger partial charge in [0, 0.05) is 25.6 Å². The van der Waals surface area contributed by atoms with Gasteiger partial charge in [-0.15, -0.1) is 0 Å². The highest BCUT2D eigenvalue weighted by Crippen LogP contribution is 2.29. The number of nitrogens with one attached hydrogen (secondary N) is 1. The first-order chi connectivity index (χ1) is 15.9. The number of piperidine rings is 1. The lowest BCUT2D eigenvalue weighted by Crippen LogP contribution is -2.44. The molecule has 1 saturated heterocycles. The van der Waals surface area contributed by atoms with Crippen molar-refractivity contribution in [2.75, 3.05) is 26.8 Å². The number of likely N-dealkylation sites (tertiary alicyclic amines) is 1. The summed E-state index contributed by atoms with van der Waals surface area (Å²) in [6.45, 7) is 4.84. The molecule has 0 bridgehead atoms. The maximum atomic E-state index is 13.7. The molecule has 2 aromatic rings. The van der Waals surface area contributed by atoms with Crippen LogP contribution in [0.2, 0.25) is 0 Å². The van der Waals surface area contributed by atoms with E-state index in [0.29, 0.717) is 43.0 Å². The third kappa shape index (κ3) is 6.57. The molecule has 0 radical (unpaired) electrons. The zero-order chi connectivity index (χ0) is 23.8. The van der Waals surface area contributed by atoms with E-state index in [1.807, 2.05) is 37.3 Å². The zero-order valence-electron chi connectivity index (χ0n) is 19.4. The fourth-order valence-corrected chi connectivity index (χ4v) is 3.80. The van der Waals surface area contributed by atoms with Crippen LogP contribution in [0.1, 0.15) is 36.5 Å². The molecule has 0 spiro atoms. The van der Waals surface area contributed by atoms with E-state index in [0.717, 1.165) is 11.1 Å². The second-order valence-electron chi connectivity index (χ2n) is 8.16. The summed E-state index contributed by atoms with van der Waals surface area (Å²) < 4.78 is 24.7. The van der Waals surface area contributed by atoms with E-state index < -0.39 is 0 Å². The van der Waals surface area contributed by atoms with Crippen molar-refractivity contribution in [1.29, 1.82) is 0 Å². The lowest BCUT2D eigenvalue weighted by molar-refractivity contribution is -0.137. The molecule has 1 fully saturated rings. The van der Waals surface area contributed by atoms with Crippen molar-refractivity contribution >= 4 is 17.9 Å². The van der Waals surface area contributed by atoms with Gasteiger partial charge in [0.2, 0.25) is 5.91 Å². The molecule has 0 atom stereocenters. The van der Waals surface area contributed by atoms with Gasteiger partial charge in [-0.2, -0.15) is 0 Å². The Hall–Kier alpha value is -3.35. The number of carbonyl (C=O) groups is 2. The molecule has 2 aromatic carbocycles. The van der Waals surface area contributed by atoms with Crippen LogP contribution in [0.15, 0.2) is 42.5 Å². The molecule has 176 valence electrons. The lowest BCUT2D eigenvalue weighted by atomic mass is 9.95. The molecule has 0 aromatic heterocycles. The van der Waals surface area contributed by atoms with Crippen LogP contribution in [0.3, 0.4) is 0 Å². The van der Waals surface area contributed by atoms with Gasteiger partial charge in [0.25, 0.3) is 5.91 Å². The quantitative estimate of drug-likeness (QED) is 0.652. The SMILES string of the molecule is C/C=C/c1ccc(OCC(=O)N2CCC(C(=O)NCc3ccc(C)c(F)c3)CC2)c(OC)c1. The number of hydrogen-bond acceptors (Lipinski definition) is 4. The van der Waals surface area contributed by atoms with Crippen molar-refractivity contribution in [2.24, 2.45) is 5.92 Å². The van der Waals surface area contributed by atoms with Crippen molar-refractivity contribution in [3.63, 3.8) is 0 Å². The number of aryl methyl sites for hydroxylation is 1. The van der Waals surface area contributed by atoms with Gasteiger partial charge < -0.3 is 19.7 Å². The number of carbonyl (C=O) groups excluding carboxylic acids is 2. The average molecular weight is 455 g/mol. The summed E-state index contributed by atoms with van der Waals surface area (Å²) in [5.74, 6) is 0.462. The molecule has 0 saturated carbocycles. The first-order valence-electron chi connectivity index (χ1n) is 11.1. The van der Waals surface area contributed by atoms with E-state index in [9.17, 15) is 14.0 Å². The summed E-state index contributed by atoms with van der Waals surface area (Å²) in [4.78, 5) is 26.8. The van der Waals surface area contributed by atoms with Crippen LogP contribution in [0.4, 0.5) is 4.39 Å². The molecule has 6 nitrogen and oxygen atoms in total. The Morgan fingerprint density at radius 2 is 1.91 bits per heavy atom. The van der Waals surface area contributed by atoms with E-state index in [-0.39, 0.29) is 36.7 Å². The standard InChI is InChI=1S/C26H31FN2O4/c1-4-5-19-8-9-23(24(15-19)32-3)33-17-25(30)29-12-10-21(11-13-29)26(31)28-16-20-7-6-18(2)22(27)14-20/h4-9,14-15,21H,10-13,16-17H2,1-3H3,(H,28,31)/b5-4+. The van der Waals surface area contributed by atoms with Gasteiger partial charge in [-0.3, -0.25) is 9.59 Å². The van der Waals surface area contributed by atoms with Gasteiger partial charge >= 0.3 is 0 Å². The second kappa shape index (κ2) is 11.5. The normalized spacial score (nSPS) is 14.4. The van der Waals surface area contributed by atoms with Gasteiger partial charge in [-0.1, -0.05) is 30.4 Å². The third-order valence-electron chi connectivity index (χ3n) is 5.82. The molecule has 1 N–H and O–H groups in total. The Bertz CT molecular complexity index is 1010. The number of methoxy groups -OCH3 is 1. The Kier molecular flexibility index (Phi) is 8.46. The largest absolute Gasteiger partial charge is 0.493 e. The molecule has 0 aliphatic carbocycles. The van der Waals surface area contributed by atoms with Crippen molar-refractivity contribution in [3.8, 4) is 11.5 Å². The maximum Gasteiger partial charge on any atom is 0.260 e. The number of ether oxygens (including phenoxy) is 2. The highest BCUT2D eigenvalue weighted by atomic mass is 19.1. The fourth-order valence-electron chi connectivity index (χ4n) is 3.80. The number of rotatable bonds is 8. The number of amides is 2. The Balaban J connectivity index is 1.45. The number of halogens is 1. The molecule has 2 amide bonds. The highest BCUT2D eigenvalue weighted by Gasteiger charge is 2.27. The molecule has 0 unspecified atom stereocenters. The third-order valence-corrected chi connectivity index (χ3v) is 5.82. The predicted octanol–water partition coefficient (Wildman–Crippen LogP) is 4.11. The first kappa shape index (κ1) is 24.3.